The van der Waals surface area contributed by atoms with Crippen LogP contribution in [0.3, 0.4) is 0 Å². The van der Waals surface area contributed by atoms with Crippen molar-refractivity contribution in [1.29, 1.82) is 0 Å². The number of aryl methyl sites for hydroxylation is 1. The van der Waals surface area contributed by atoms with Crippen LogP contribution in [0.5, 0.6) is 0 Å². The molecule has 4 aromatic carbocycles. The Kier molecular flexibility index (Phi) is 7.60. The highest BCUT2D eigenvalue weighted by Crippen LogP contribution is 2.58. The number of rotatable bonds is 4. The third kappa shape index (κ3) is 4.79. The van der Waals surface area contributed by atoms with Gasteiger partial charge in [-0.1, -0.05) is 115 Å². The smallest absolute Gasteiger partial charge is 0.346 e. The molecule has 6 rings (SSSR count). The third-order valence-corrected chi connectivity index (χ3v) is 10.9. The Morgan fingerprint density at radius 2 is 1.62 bits per heavy atom. The Hall–Kier alpha value is -3.65. The van der Waals surface area contributed by atoms with Gasteiger partial charge in [0.05, 0.1) is 26.9 Å². The van der Waals surface area contributed by atoms with Crippen molar-refractivity contribution in [2.45, 2.75) is 33.2 Å². The van der Waals surface area contributed by atoms with Crippen molar-refractivity contribution < 1.29 is 14.3 Å². The number of fused-ring (bicyclic) bond motifs is 2. The summed E-state index contributed by atoms with van der Waals surface area (Å²) in [6.07, 6.45) is 0. The van der Waals surface area contributed by atoms with E-state index in [0.717, 1.165) is 47.9 Å². The molecule has 2 aliphatic rings. The van der Waals surface area contributed by atoms with E-state index in [1.807, 2.05) is 118 Å². The summed E-state index contributed by atoms with van der Waals surface area (Å²) in [5, 5.41) is 1.92. The van der Waals surface area contributed by atoms with E-state index < -0.39 is 5.54 Å². The number of benzene rings is 4. The maximum Gasteiger partial charge on any atom is 0.346 e. The first-order chi connectivity index (χ1) is 20.2. The molecule has 4 aromatic rings. The van der Waals surface area contributed by atoms with Gasteiger partial charge >= 0.3 is 5.97 Å². The minimum Gasteiger partial charge on any atom is -0.462 e. The van der Waals surface area contributed by atoms with E-state index in [0.29, 0.717) is 21.9 Å². The van der Waals surface area contributed by atoms with Crippen LogP contribution >= 0.6 is 35.7 Å². The Bertz CT molecular complexity index is 1830. The highest BCUT2D eigenvalue weighted by Gasteiger charge is 2.46. The van der Waals surface area contributed by atoms with Crippen molar-refractivity contribution in [2.24, 2.45) is 0 Å². The number of thiocarbonyl (C=S) groups is 1. The molecule has 0 saturated heterocycles. The molecule has 0 radical (unpaired) electrons. The molecule has 42 heavy (non-hydrogen) atoms. The molecule has 0 saturated carbocycles. The van der Waals surface area contributed by atoms with Crippen LogP contribution in [0, 0.1) is 6.92 Å². The molecule has 1 amide bonds. The highest BCUT2D eigenvalue weighted by atomic mass is 32.2. The van der Waals surface area contributed by atoms with Crippen molar-refractivity contribution in [3.05, 3.63) is 122 Å². The SMILES string of the molecule is CCOC(=O)C1=C(c2ccccc2)SC(=C2C(=S)C(C)(C)N(C(=O)c3cccc4ccccc34)c3cc(C)ccc32)S1. The molecule has 0 aromatic heterocycles. The number of hydrogen-bond donors (Lipinski definition) is 0. The topological polar surface area (TPSA) is 46.6 Å². The normalized spacial score (nSPS) is 17.9. The van der Waals surface area contributed by atoms with Crippen molar-refractivity contribution in [2.75, 3.05) is 11.5 Å². The van der Waals surface area contributed by atoms with Crippen LogP contribution in [0.2, 0.25) is 0 Å². The van der Waals surface area contributed by atoms with Crippen LogP contribution in [-0.2, 0) is 9.53 Å². The lowest BCUT2D eigenvalue weighted by atomic mass is 9.82. The van der Waals surface area contributed by atoms with Gasteiger partial charge in [0, 0.05) is 21.6 Å². The zero-order valence-electron chi connectivity index (χ0n) is 23.8. The van der Waals surface area contributed by atoms with Crippen LogP contribution in [0.1, 0.15) is 47.8 Å². The average molecular weight is 608 g/mol. The van der Waals surface area contributed by atoms with E-state index in [9.17, 15) is 9.59 Å². The molecular weight excluding hydrogens is 579 g/mol. The summed E-state index contributed by atoms with van der Waals surface area (Å²) in [4.78, 5) is 31.5. The summed E-state index contributed by atoms with van der Waals surface area (Å²) in [7, 11) is 0. The van der Waals surface area contributed by atoms with Crippen molar-refractivity contribution in [3.8, 4) is 0 Å². The van der Waals surface area contributed by atoms with Gasteiger partial charge in [-0.3, -0.25) is 9.69 Å². The number of ether oxygens (including phenoxy) is 1. The first-order valence-electron chi connectivity index (χ1n) is 13.8. The van der Waals surface area contributed by atoms with Gasteiger partial charge in [-0.15, -0.1) is 0 Å². The quantitative estimate of drug-likeness (QED) is 0.131. The Morgan fingerprint density at radius 1 is 0.905 bits per heavy atom. The van der Waals surface area contributed by atoms with E-state index in [-0.39, 0.29) is 11.9 Å². The fourth-order valence-electron chi connectivity index (χ4n) is 5.48. The Labute approximate surface area is 259 Å². The van der Waals surface area contributed by atoms with E-state index in [2.05, 4.69) is 6.07 Å². The molecule has 0 spiro atoms. The second-order valence-electron chi connectivity index (χ2n) is 10.7. The molecule has 2 heterocycles. The van der Waals surface area contributed by atoms with Gasteiger partial charge in [-0.2, -0.15) is 0 Å². The Balaban J connectivity index is 1.52. The molecule has 210 valence electrons. The standard InChI is InChI=1S/C35H29NO3S3/c1-5-39-33(38)30-29(23-13-7-6-8-14-23)41-34(42-30)28-26-19-18-21(2)20-27(26)36(35(3,4)31(28)40)32(37)25-17-11-15-22-12-9-10-16-24(22)25/h6-20H,5H2,1-4H3. The van der Waals surface area contributed by atoms with Crippen molar-refractivity contribution in [1.82, 2.24) is 0 Å². The van der Waals surface area contributed by atoms with E-state index >= 15 is 0 Å². The fourth-order valence-corrected chi connectivity index (χ4v) is 8.61. The van der Waals surface area contributed by atoms with Gasteiger partial charge in [0.1, 0.15) is 4.91 Å². The van der Waals surface area contributed by atoms with Crippen LogP contribution in [0.25, 0.3) is 21.3 Å². The van der Waals surface area contributed by atoms with Gasteiger partial charge in [0.25, 0.3) is 5.91 Å². The maximum atomic E-state index is 14.5. The molecule has 0 unspecified atom stereocenters. The number of nitrogens with zero attached hydrogens (tertiary/aromatic N) is 1. The first kappa shape index (κ1) is 28.5. The van der Waals surface area contributed by atoms with E-state index in [4.69, 9.17) is 17.0 Å². The summed E-state index contributed by atoms with van der Waals surface area (Å²) in [5.41, 5.74) is 4.37. The zero-order chi connectivity index (χ0) is 29.6. The monoisotopic (exact) mass is 607 g/mol. The van der Waals surface area contributed by atoms with Gasteiger partial charge in [-0.05, 0) is 61.7 Å². The summed E-state index contributed by atoms with van der Waals surface area (Å²) < 4.78 is 6.37. The lowest BCUT2D eigenvalue weighted by Crippen LogP contribution is -2.56. The minimum absolute atomic E-state index is 0.0999. The number of carbonyl (C=O) groups excluding carboxylic acids is 2. The molecule has 0 atom stereocenters. The third-order valence-electron chi connectivity index (χ3n) is 7.53. The zero-order valence-corrected chi connectivity index (χ0v) is 26.2. The molecule has 0 fully saturated rings. The largest absolute Gasteiger partial charge is 0.462 e. The van der Waals surface area contributed by atoms with E-state index in [1.165, 1.54) is 11.8 Å². The van der Waals surface area contributed by atoms with Gasteiger partial charge in [-0.25, -0.2) is 4.79 Å². The van der Waals surface area contributed by atoms with E-state index in [1.54, 1.807) is 11.8 Å². The van der Waals surface area contributed by atoms with Gasteiger partial charge in [0.15, 0.2) is 0 Å². The Morgan fingerprint density at radius 3 is 2.38 bits per heavy atom. The van der Waals surface area contributed by atoms with Crippen LogP contribution in [0.4, 0.5) is 5.69 Å². The summed E-state index contributed by atoms with van der Waals surface area (Å²) in [6, 6.07) is 29.8. The number of carbonyl (C=O) groups is 2. The van der Waals surface area contributed by atoms with Gasteiger partial charge in [0.2, 0.25) is 0 Å². The average Bonchev–Trinajstić information content (AvgIpc) is 3.43. The molecule has 0 bridgehead atoms. The first-order valence-corrected chi connectivity index (χ1v) is 15.8. The molecular formula is C35H29NO3S3. The number of anilines is 1. The number of esters is 1. The predicted octanol–water partition coefficient (Wildman–Crippen LogP) is 9.04. The highest BCUT2D eigenvalue weighted by molar-refractivity contribution is 8.32. The number of hydrogen-bond acceptors (Lipinski definition) is 6. The van der Waals surface area contributed by atoms with Crippen LogP contribution in [0.15, 0.2) is 100 Å². The second kappa shape index (κ2) is 11.2. The van der Waals surface area contributed by atoms with Crippen molar-refractivity contribution in [3.63, 3.8) is 0 Å². The minimum atomic E-state index is -0.826. The summed E-state index contributed by atoms with van der Waals surface area (Å²) in [6.45, 7) is 8.14. The van der Waals surface area contributed by atoms with Crippen LogP contribution < -0.4 is 4.90 Å². The summed E-state index contributed by atoms with van der Waals surface area (Å²) >= 11 is 9.20. The lowest BCUT2D eigenvalue weighted by molar-refractivity contribution is -0.137. The number of amides is 1. The maximum absolute atomic E-state index is 14.5. The molecule has 7 heteroatoms. The second-order valence-corrected chi connectivity index (χ2v) is 13.4. The van der Waals surface area contributed by atoms with Gasteiger partial charge < -0.3 is 4.74 Å². The molecule has 0 N–H and O–H groups in total. The fraction of sp³-hybridized carbons (Fsp3) is 0.171. The molecule has 2 aliphatic heterocycles. The molecule has 4 nitrogen and oxygen atoms in total. The van der Waals surface area contributed by atoms with Crippen molar-refractivity contribution >= 4 is 79.4 Å². The summed E-state index contributed by atoms with van der Waals surface area (Å²) in [5.74, 6) is -0.445. The van der Waals surface area contributed by atoms with Crippen LogP contribution in [-0.4, -0.2) is 28.9 Å². The molecule has 0 aliphatic carbocycles. The predicted molar refractivity (Wildman–Crippen MR) is 181 cm³/mol. The lowest BCUT2D eigenvalue weighted by Gasteiger charge is -2.45. The number of thioether (sulfide) groups is 2.